The lowest BCUT2D eigenvalue weighted by Gasteiger charge is -2.26. The van der Waals surface area contributed by atoms with Gasteiger partial charge in [-0.15, -0.1) is 0 Å². The van der Waals surface area contributed by atoms with Crippen LogP contribution in [-0.2, 0) is 6.54 Å². The summed E-state index contributed by atoms with van der Waals surface area (Å²) in [5, 5.41) is 0.686. The number of hydrogen-bond acceptors (Lipinski definition) is 6. The Hall–Kier alpha value is -2.48. The molecule has 0 N–H and O–H groups in total. The first-order chi connectivity index (χ1) is 13.1. The molecule has 3 heterocycles. The molecule has 1 amide bonds. The van der Waals surface area contributed by atoms with E-state index >= 15 is 0 Å². The average Bonchev–Trinajstić information content (AvgIpc) is 3.37. The molecule has 0 unspecified atom stereocenters. The third-order valence-corrected chi connectivity index (χ3v) is 6.07. The second-order valence-corrected chi connectivity index (χ2v) is 7.59. The van der Waals surface area contributed by atoms with E-state index in [0.29, 0.717) is 29.7 Å². The van der Waals surface area contributed by atoms with Crippen LogP contribution in [0.5, 0.6) is 11.5 Å². The van der Waals surface area contributed by atoms with Crippen molar-refractivity contribution in [3.8, 4) is 11.5 Å². The zero-order valence-corrected chi connectivity index (χ0v) is 16.1. The fraction of sp³-hybridized carbons (Fsp3) is 0.421. The van der Waals surface area contributed by atoms with E-state index in [1.54, 1.807) is 23.7 Å². The van der Waals surface area contributed by atoms with Gasteiger partial charge in [-0.1, -0.05) is 11.8 Å². The summed E-state index contributed by atoms with van der Waals surface area (Å²) in [5.41, 5.74) is 0.817. The molecule has 0 saturated carbocycles. The Kier molecular flexibility index (Phi) is 4.82. The third kappa shape index (κ3) is 3.07. The number of rotatable bonds is 4. The van der Waals surface area contributed by atoms with E-state index in [-0.39, 0.29) is 23.1 Å². The van der Waals surface area contributed by atoms with Crippen molar-refractivity contribution in [1.29, 1.82) is 0 Å². The van der Waals surface area contributed by atoms with Crippen molar-refractivity contribution in [2.45, 2.75) is 30.6 Å². The van der Waals surface area contributed by atoms with E-state index in [0.717, 1.165) is 24.2 Å². The Balaban J connectivity index is 1.68. The van der Waals surface area contributed by atoms with Crippen LogP contribution in [0.3, 0.4) is 0 Å². The second-order valence-electron chi connectivity index (χ2n) is 6.52. The largest absolute Gasteiger partial charge is 0.497 e. The van der Waals surface area contributed by atoms with Gasteiger partial charge in [0, 0.05) is 36.7 Å². The highest BCUT2D eigenvalue weighted by molar-refractivity contribution is 7.99. The predicted molar refractivity (Wildman–Crippen MR) is 102 cm³/mol. The summed E-state index contributed by atoms with van der Waals surface area (Å²) >= 11 is 1.54. The summed E-state index contributed by atoms with van der Waals surface area (Å²) < 4.78 is 12.4. The molecule has 2 aliphatic heterocycles. The minimum atomic E-state index is -0.264. The van der Waals surface area contributed by atoms with Gasteiger partial charge in [0.15, 0.2) is 5.16 Å². The first-order valence-electron chi connectivity index (χ1n) is 8.89. The molecule has 0 radical (unpaired) electrons. The van der Waals surface area contributed by atoms with Crippen molar-refractivity contribution in [3.05, 3.63) is 45.9 Å². The van der Waals surface area contributed by atoms with Crippen molar-refractivity contribution in [3.63, 3.8) is 0 Å². The number of aromatic nitrogens is 2. The van der Waals surface area contributed by atoms with E-state index in [9.17, 15) is 9.59 Å². The van der Waals surface area contributed by atoms with E-state index < -0.39 is 0 Å². The zero-order chi connectivity index (χ0) is 19.0. The Morgan fingerprint density at radius 3 is 2.89 bits per heavy atom. The number of likely N-dealkylation sites (tertiary alicyclic amines) is 1. The summed E-state index contributed by atoms with van der Waals surface area (Å²) in [6.45, 7) is 1.21. The van der Waals surface area contributed by atoms with E-state index in [4.69, 9.17) is 9.47 Å². The monoisotopic (exact) mass is 387 g/mol. The van der Waals surface area contributed by atoms with Crippen LogP contribution in [0.15, 0.2) is 34.3 Å². The van der Waals surface area contributed by atoms with Crippen molar-refractivity contribution < 1.29 is 14.3 Å². The second kappa shape index (κ2) is 7.26. The molecule has 27 heavy (non-hydrogen) atoms. The maximum absolute atomic E-state index is 13.2. The van der Waals surface area contributed by atoms with Crippen LogP contribution in [0, 0.1) is 0 Å². The molecule has 8 heteroatoms. The van der Waals surface area contributed by atoms with Gasteiger partial charge in [0.25, 0.3) is 11.5 Å². The maximum Gasteiger partial charge on any atom is 0.267 e. The van der Waals surface area contributed by atoms with Gasteiger partial charge in [0.05, 0.1) is 20.3 Å². The van der Waals surface area contributed by atoms with Crippen molar-refractivity contribution in [2.24, 2.45) is 0 Å². The Morgan fingerprint density at radius 1 is 1.26 bits per heavy atom. The first kappa shape index (κ1) is 17.9. The molecular weight excluding hydrogens is 366 g/mol. The van der Waals surface area contributed by atoms with E-state index in [2.05, 4.69) is 4.98 Å². The molecule has 4 rings (SSSR count). The predicted octanol–water partition coefficient (Wildman–Crippen LogP) is 2.34. The fourth-order valence-corrected chi connectivity index (χ4v) is 4.66. The van der Waals surface area contributed by atoms with E-state index in [1.165, 1.54) is 18.0 Å². The highest BCUT2D eigenvalue weighted by atomic mass is 32.2. The minimum absolute atomic E-state index is 0.134. The van der Waals surface area contributed by atoms with Crippen molar-refractivity contribution in [2.75, 3.05) is 26.5 Å². The summed E-state index contributed by atoms with van der Waals surface area (Å²) in [6.07, 6.45) is 3.13. The van der Waals surface area contributed by atoms with Gasteiger partial charge in [0.2, 0.25) is 0 Å². The average molecular weight is 387 g/mol. The summed E-state index contributed by atoms with van der Waals surface area (Å²) in [4.78, 5) is 32.0. The minimum Gasteiger partial charge on any atom is -0.497 e. The standard InChI is InChI=1S/C19H21N3O4S/c1-25-12-5-6-13(16(10-12)26-2)15-4-3-7-21(15)17(23)14-11-20-19-22(18(14)24)8-9-27-19/h5-6,10-11,15H,3-4,7-9H2,1-2H3/t15-/m0/s1. The van der Waals surface area contributed by atoms with Gasteiger partial charge in [0.1, 0.15) is 17.1 Å². The molecule has 1 aromatic carbocycles. The van der Waals surface area contributed by atoms with Crippen LogP contribution in [0.4, 0.5) is 0 Å². The summed E-state index contributed by atoms with van der Waals surface area (Å²) in [6, 6.07) is 5.48. The normalized spacial score (nSPS) is 18.4. The smallest absolute Gasteiger partial charge is 0.267 e. The van der Waals surface area contributed by atoms with Crippen LogP contribution in [0.25, 0.3) is 0 Å². The number of carbonyl (C=O) groups excluding carboxylic acids is 1. The van der Waals surface area contributed by atoms with Gasteiger partial charge in [-0.05, 0) is 25.0 Å². The quantitative estimate of drug-likeness (QED) is 0.750. The van der Waals surface area contributed by atoms with Gasteiger partial charge in [-0.25, -0.2) is 4.98 Å². The lowest BCUT2D eigenvalue weighted by atomic mass is 10.0. The zero-order valence-electron chi connectivity index (χ0n) is 15.3. The van der Waals surface area contributed by atoms with Crippen LogP contribution in [0.1, 0.15) is 34.8 Å². The van der Waals surface area contributed by atoms with Crippen molar-refractivity contribution >= 4 is 17.7 Å². The molecule has 0 spiro atoms. The number of benzene rings is 1. The molecular formula is C19H21N3O4S. The number of ether oxygens (including phenoxy) is 2. The van der Waals surface area contributed by atoms with Gasteiger partial charge >= 0.3 is 0 Å². The molecule has 2 aromatic rings. The lowest BCUT2D eigenvalue weighted by molar-refractivity contribution is 0.0730. The molecule has 1 fully saturated rings. The van der Waals surface area contributed by atoms with Crippen LogP contribution < -0.4 is 15.0 Å². The van der Waals surface area contributed by atoms with Crippen LogP contribution >= 0.6 is 11.8 Å². The number of nitrogens with zero attached hydrogens (tertiary/aromatic N) is 3. The first-order valence-corrected chi connectivity index (χ1v) is 9.88. The Labute approximate surface area is 161 Å². The van der Waals surface area contributed by atoms with Gasteiger partial charge in [-0.2, -0.15) is 0 Å². The summed E-state index contributed by atoms with van der Waals surface area (Å²) in [5.74, 6) is 1.93. The molecule has 1 saturated heterocycles. The number of amides is 1. The van der Waals surface area contributed by atoms with E-state index in [1.807, 2.05) is 18.2 Å². The number of fused-ring (bicyclic) bond motifs is 1. The summed E-state index contributed by atoms with van der Waals surface area (Å²) in [7, 11) is 3.21. The molecule has 142 valence electrons. The fourth-order valence-electron chi connectivity index (χ4n) is 3.75. The number of carbonyl (C=O) groups is 1. The topological polar surface area (TPSA) is 73.7 Å². The highest BCUT2D eigenvalue weighted by Gasteiger charge is 2.34. The molecule has 0 bridgehead atoms. The molecule has 2 aliphatic rings. The van der Waals surface area contributed by atoms with Crippen LogP contribution in [-0.4, -0.2) is 46.9 Å². The molecule has 0 aliphatic carbocycles. The Bertz CT molecular complexity index is 943. The number of hydrogen-bond donors (Lipinski definition) is 0. The lowest BCUT2D eigenvalue weighted by Crippen LogP contribution is -2.36. The molecule has 7 nitrogen and oxygen atoms in total. The van der Waals surface area contributed by atoms with Crippen molar-refractivity contribution in [1.82, 2.24) is 14.5 Å². The van der Waals surface area contributed by atoms with Gasteiger partial charge in [-0.3, -0.25) is 14.2 Å². The third-order valence-electron chi connectivity index (χ3n) is 5.10. The number of methoxy groups -OCH3 is 2. The molecule has 1 atom stereocenters. The van der Waals surface area contributed by atoms with Gasteiger partial charge < -0.3 is 14.4 Å². The SMILES string of the molecule is COc1ccc([C@@H]2CCCN2C(=O)c2cnc3n(c2=O)CCS3)c(OC)c1. The number of thioether (sulfide) groups is 1. The Morgan fingerprint density at radius 2 is 2.11 bits per heavy atom. The molecule has 1 aromatic heterocycles. The maximum atomic E-state index is 13.2. The highest BCUT2D eigenvalue weighted by Crippen LogP contribution is 2.39. The van der Waals surface area contributed by atoms with Crippen LogP contribution in [0.2, 0.25) is 0 Å².